The molecule has 24 heavy (non-hydrogen) atoms. The second kappa shape index (κ2) is 6.40. The summed E-state index contributed by atoms with van der Waals surface area (Å²) >= 11 is 0. The van der Waals surface area contributed by atoms with E-state index >= 15 is 0 Å². The monoisotopic (exact) mass is 327 g/mol. The molecule has 2 aromatic rings. The lowest BCUT2D eigenvalue weighted by Crippen LogP contribution is -2.38. The number of rotatable bonds is 2. The highest BCUT2D eigenvalue weighted by Crippen LogP contribution is 2.29. The lowest BCUT2D eigenvalue weighted by molar-refractivity contribution is 0.0698. The molecule has 1 amide bonds. The Kier molecular flexibility index (Phi) is 4.45. The van der Waals surface area contributed by atoms with Gasteiger partial charge in [0, 0.05) is 24.8 Å². The molecular formula is C19H25N3O2. The Balaban J connectivity index is 1.86. The summed E-state index contributed by atoms with van der Waals surface area (Å²) in [6.07, 6.45) is 2.88. The van der Waals surface area contributed by atoms with Gasteiger partial charge in [-0.3, -0.25) is 4.79 Å². The van der Waals surface area contributed by atoms with E-state index in [1.807, 2.05) is 48.4 Å². The fourth-order valence-corrected chi connectivity index (χ4v) is 3.41. The van der Waals surface area contributed by atoms with Crippen LogP contribution in [0.2, 0.25) is 0 Å². The number of aromatic nitrogens is 2. The van der Waals surface area contributed by atoms with Crippen LogP contribution < -0.4 is 0 Å². The highest BCUT2D eigenvalue weighted by atomic mass is 16.3. The van der Waals surface area contributed by atoms with E-state index in [9.17, 15) is 9.90 Å². The van der Waals surface area contributed by atoms with Crippen LogP contribution >= 0.6 is 0 Å². The number of hydrogen-bond acceptors (Lipinski definition) is 3. The first-order valence-electron chi connectivity index (χ1n) is 8.45. The Morgan fingerprint density at radius 1 is 1.29 bits per heavy atom. The number of para-hydroxylation sites is 1. The minimum absolute atomic E-state index is 0.0515. The van der Waals surface area contributed by atoms with Crippen molar-refractivity contribution < 1.29 is 9.90 Å². The summed E-state index contributed by atoms with van der Waals surface area (Å²) in [6, 6.07) is 9.79. The maximum absolute atomic E-state index is 13.0. The summed E-state index contributed by atoms with van der Waals surface area (Å²) in [5, 5.41) is 14.6. The molecule has 1 fully saturated rings. The number of aliphatic hydroxyl groups is 1. The average Bonchev–Trinajstić information content (AvgIpc) is 2.86. The van der Waals surface area contributed by atoms with Gasteiger partial charge in [0.1, 0.15) is 0 Å². The molecular weight excluding hydrogens is 302 g/mol. The first-order chi connectivity index (χ1) is 11.4. The molecule has 0 spiro atoms. The van der Waals surface area contributed by atoms with Crippen LogP contribution in [-0.4, -0.2) is 44.9 Å². The Labute approximate surface area is 142 Å². The molecule has 0 aliphatic carbocycles. The molecule has 3 rings (SSSR count). The van der Waals surface area contributed by atoms with Crippen LogP contribution in [0.4, 0.5) is 0 Å². The summed E-state index contributed by atoms with van der Waals surface area (Å²) in [7, 11) is 0. The highest BCUT2D eigenvalue weighted by Gasteiger charge is 2.32. The summed E-state index contributed by atoms with van der Waals surface area (Å²) < 4.78 is 1.75. The van der Waals surface area contributed by atoms with Crippen molar-refractivity contribution in [2.75, 3.05) is 13.1 Å². The van der Waals surface area contributed by atoms with E-state index in [0.717, 1.165) is 11.3 Å². The lowest BCUT2D eigenvalue weighted by atomic mass is 9.87. The zero-order chi connectivity index (χ0) is 17.3. The van der Waals surface area contributed by atoms with Crippen LogP contribution in [0.3, 0.4) is 0 Å². The molecule has 0 bridgehead atoms. The van der Waals surface area contributed by atoms with E-state index in [1.54, 1.807) is 4.68 Å². The molecule has 1 aliphatic rings. The Hall–Kier alpha value is -2.14. The average molecular weight is 327 g/mol. The number of aliphatic hydroxyl groups excluding tert-OH is 1. The van der Waals surface area contributed by atoms with Crippen LogP contribution in [0, 0.1) is 12.3 Å². The van der Waals surface area contributed by atoms with E-state index in [2.05, 4.69) is 18.9 Å². The number of amides is 1. The van der Waals surface area contributed by atoms with Gasteiger partial charge in [0.15, 0.2) is 5.69 Å². The number of carbonyl (C=O) groups excluding carboxylic acids is 1. The summed E-state index contributed by atoms with van der Waals surface area (Å²) in [5.41, 5.74) is 2.20. The number of nitrogens with zero attached hydrogens (tertiary/aromatic N) is 3. The number of hydrogen-bond donors (Lipinski definition) is 1. The summed E-state index contributed by atoms with van der Waals surface area (Å²) in [6.45, 7) is 7.31. The first kappa shape index (κ1) is 16.7. The Bertz CT molecular complexity index is 721. The van der Waals surface area contributed by atoms with Gasteiger partial charge >= 0.3 is 0 Å². The number of benzene rings is 1. The van der Waals surface area contributed by atoms with Crippen molar-refractivity contribution in [3.63, 3.8) is 0 Å². The van der Waals surface area contributed by atoms with Crippen molar-refractivity contribution in [2.24, 2.45) is 5.41 Å². The fourth-order valence-electron chi connectivity index (χ4n) is 3.41. The van der Waals surface area contributed by atoms with Gasteiger partial charge in [-0.25, -0.2) is 4.68 Å². The van der Waals surface area contributed by atoms with Crippen LogP contribution in [0.25, 0.3) is 5.69 Å². The van der Waals surface area contributed by atoms with Crippen molar-refractivity contribution in [2.45, 2.75) is 39.7 Å². The van der Waals surface area contributed by atoms with E-state index in [0.29, 0.717) is 31.6 Å². The highest BCUT2D eigenvalue weighted by molar-refractivity contribution is 5.93. The van der Waals surface area contributed by atoms with Gasteiger partial charge in [0.05, 0.1) is 11.8 Å². The first-order valence-corrected chi connectivity index (χ1v) is 8.45. The van der Waals surface area contributed by atoms with Crippen molar-refractivity contribution in [3.05, 3.63) is 47.8 Å². The van der Waals surface area contributed by atoms with Gasteiger partial charge in [-0.05, 0) is 37.3 Å². The van der Waals surface area contributed by atoms with Gasteiger partial charge in [-0.2, -0.15) is 5.10 Å². The second-order valence-corrected chi connectivity index (χ2v) is 7.48. The molecule has 2 heterocycles. The maximum Gasteiger partial charge on any atom is 0.274 e. The molecule has 1 N–H and O–H groups in total. The minimum Gasteiger partial charge on any atom is -0.393 e. The third-order valence-electron chi connectivity index (χ3n) is 4.55. The normalized spacial score (nSPS) is 20.7. The number of carbonyl (C=O) groups is 1. The van der Waals surface area contributed by atoms with E-state index in [1.165, 1.54) is 0 Å². The van der Waals surface area contributed by atoms with Crippen molar-refractivity contribution >= 4 is 5.91 Å². The largest absolute Gasteiger partial charge is 0.393 e. The standard InChI is InChI=1S/C19H25N3O2/c1-14-12-22(15-7-5-4-6-8-15)20-17(14)18(24)21-10-9-16(23)11-19(2,3)13-21/h4-8,12,16,23H,9-11,13H2,1-3H3. The zero-order valence-electron chi connectivity index (χ0n) is 14.6. The molecule has 0 radical (unpaired) electrons. The Morgan fingerprint density at radius 3 is 2.71 bits per heavy atom. The predicted molar refractivity (Wildman–Crippen MR) is 93.2 cm³/mol. The fraction of sp³-hybridized carbons (Fsp3) is 0.474. The smallest absolute Gasteiger partial charge is 0.274 e. The minimum atomic E-state index is -0.347. The van der Waals surface area contributed by atoms with Crippen LogP contribution in [0.5, 0.6) is 0 Å². The third-order valence-corrected chi connectivity index (χ3v) is 4.55. The molecule has 5 heteroatoms. The number of aryl methyl sites for hydroxylation is 1. The molecule has 0 saturated carbocycles. The van der Waals surface area contributed by atoms with Gasteiger partial charge in [0.25, 0.3) is 5.91 Å². The van der Waals surface area contributed by atoms with E-state index in [4.69, 9.17) is 0 Å². The second-order valence-electron chi connectivity index (χ2n) is 7.48. The predicted octanol–water partition coefficient (Wildman–Crippen LogP) is 2.80. The molecule has 1 unspecified atom stereocenters. The third kappa shape index (κ3) is 3.51. The Morgan fingerprint density at radius 2 is 2.00 bits per heavy atom. The number of likely N-dealkylation sites (tertiary alicyclic amines) is 1. The van der Waals surface area contributed by atoms with Crippen LogP contribution in [0.15, 0.2) is 36.5 Å². The zero-order valence-corrected chi connectivity index (χ0v) is 14.6. The lowest BCUT2D eigenvalue weighted by Gasteiger charge is -2.29. The van der Waals surface area contributed by atoms with Crippen molar-refractivity contribution in [3.8, 4) is 5.69 Å². The molecule has 1 saturated heterocycles. The van der Waals surface area contributed by atoms with Gasteiger partial charge < -0.3 is 10.0 Å². The molecule has 128 valence electrons. The summed E-state index contributed by atoms with van der Waals surface area (Å²) in [5.74, 6) is -0.0515. The maximum atomic E-state index is 13.0. The molecule has 1 aromatic carbocycles. The molecule has 1 aromatic heterocycles. The van der Waals surface area contributed by atoms with E-state index in [-0.39, 0.29) is 17.4 Å². The van der Waals surface area contributed by atoms with Crippen LogP contribution in [-0.2, 0) is 0 Å². The van der Waals surface area contributed by atoms with Gasteiger partial charge in [-0.1, -0.05) is 32.0 Å². The quantitative estimate of drug-likeness (QED) is 0.923. The van der Waals surface area contributed by atoms with Crippen molar-refractivity contribution in [1.29, 1.82) is 0 Å². The molecule has 1 aliphatic heterocycles. The molecule has 1 atom stereocenters. The van der Waals surface area contributed by atoms with Gasteiger partial charge in [0.2, 0.25) is 0 Å². The van der Waals surface area contributed by atoms with Gasteiger partial charge in [-0.15, -0.1) is 0 Å². The van der Waals surface area contributed by atoms with Crippen LogP contribution in [0.1, 0.15) is 42.7 Å². The van der Waals surface area contributed by atoms with Crippen molar-refractivity contribution in [1.82, 2.24) is 14.7 Å². The topological polar surface area (TPSA) is 58.4 Å². The summed E-state index contributed by atoms with van der Waals surface area (Å²) in [4.78, 5) is 14.8. The molecule has 5 nitrogen and oxygen atoms in total. The van der Waals surface area contributed by atoms with E-state index < -0.39 is 0 Å². The SMILES string of the molecule is Cc1cn(-c2ccccc2)nc1C(=O)N1CCC(O)CC(C)(C)C1.